The first kappa shape index (κ1) is 22.6. The summed E-state index contributed by atoms with van der Waals surface area (Å²) in [5.41, 5.74) is 2.18. The van der Waals surface area contributed by atoms with Gasteiger partial charge in [0.2, 0.25) is 11.8 Å². The number of halogens is 1. The number of hydrogen-bond acceptors (Lipinski definition) is 6. The molecule has 0 spiro atoms. The molecule has 162 valence electrons. The van der Waals surface area contributed by atoms with Crippen molar-refractivity contribution in [2.24, 2.45) is 7.05 Å². The molecule has 31 heavy (non-hydrogen) atoms. The van der Waals surface area contributed by atoms with Gasteiger partial charge in [0.05, 0.1) is 25.0 Å². The zero-order chi connectivity index (χ0) is 22.4. The summed E-state index contributed by atoms with van der Waals surface area (Å²) in [6.07, 6.45) is 0.0400. The van der Waals surface area contributed by atoms with Crippen molar-refractivity contribution >= 4 is 46.6 Å². The number of nitrogens with one attached hydrogen (secondary N) is 2. The molecule has 0 saturated carbocycles. The molecule has 0 aliphatic heterocycles. The third-order valence-corrected chi connectivity index (χ3v) is 5.68. The minimum absolute atomic E-state index is 0.0400. The summed E-state index contributed by atoms with van der Waals surface area (Å²) < 4.78 is 6.94. The summed E-state index contributed by atoms with van der Waals surface area (Å²) in [5, 5.41) is 15.0. The Hall–Kier alpha value is -3.04. The lowest BCUT2D eigenvalue weighted by molar-refractivity contribution is -0.116. The monoisotopic (exact) mass is 459 g/mol. The van der Waals surface area contributed by atoms with Crippen molar-refractivity contribution in [1.29, 1.82) is 0 Å². The molecule has 2 amide bonds. The van der Waals surface area contributed by atoms with Gasteiger partial charge >= 0.3 is 0 Å². The smallest absolute Gasteiger partial charge is 0.234 e. The first-order chi connectivity index (χ1) is 14.9. The van der Waals surface area contributed by atoms with E-state index in [1.165, 1.54) is 11.8 Å². The number of methoxy groups -OCH3 is 1. The van der Waals surface area contributed by atoms with E-state index in [4.69, 9.17) is 16.3 Å². The van der Waals surface area contributed by atoms with Gasteiger partial charge in [-0.05, 0) is 42.8 Å². The maximum atomic E-state index is 12.4. The minimum Gasteiger partial charge on any atom is -0.495 e. The number of carbonyl (C=O) groups excluding carboxylic acids is 2. The van der Waals surface area contributed by atoms with Crippen LogP contribution in [0.15, 0.2) is 47.6 Å². The molecule has 0 fully saturated rings. The highest BCUT2D eigenvalue weighted by Gasteiger charge is 2.16. The lowest BCUT2D eigenvalue weighted by atomic mass is 10.2. The van der Waals surface area contributed by atoms with Crippen LogP contribution in [-0.2, 0) is 23.1 Å². The van der Waals surface area contributed by atoms with E-state index >= 15 is 0 Å². The second-order valence-corrected chi connectivity index (χ2v) is 8.06. The van der Waals surface area contributed by atoms with Crippen LogP contribution in [0.2, 0.25) is 5.02 Å². The van der Waals surface area contributed by atoms with Gasteiger partial charge in [-0.2, -0.15) is 0 Å². The third-order valence-electron chi connectivity index (χ3n) is 4.42. The summed E-state index contributed by atoms with van der Waals surface area (Å²) >= 11 is 7.18. The van der Waals surface area contributed by atoms with E-state index in [0.29, 0.717) is 33.1 Å². The maximum Gasteiger partial charge on any atom is 0.234 e. The van der Waals surface area contributed by atoms with E-state index in [9.17, 15) is 9.59 Å². The Morgan fingerprint density at radius 2 is 1.84 bits per heavy atom. The molecule has 0 aliphatic rings. The molecule has 0 radical (unpaired) electrons. The first-order valence-corrected chi connectivity index (χ1v) is 10.7. The Morgan fingerprint density at radius 3 is 2.58 bits per heavy atom. The van der Waals surface area contributed by atoms with Crippen molar-refractivity contribution in [2.45, 2.75) is 18.5 Å². The predicted octanol–water partition coefficient (Wildman–Crippen LogP) is 3.70. The summed E-state index contributed by atoms with van der Waals surface area (Å²) in [4.78, 5) is 24.7. The number of amides is 2. The molecule has 8 nitrogen and oxygen atoms in total. The number of carbonyl (C=O) groups is 2. The number of aryl methyl sites for hydroxylation is 1. The van der Waals surface area contributed by atoms with Gasteiger partial charge in [-0.15, -0.1) is 10.2 Å². The first-order valence-electron chi connectivity index (χ1n) is 9.37. The topological polar surface area (TPSA) is 98.1 Å². The molecule has 1 heterocycles. The molecule has 0 aliphatic carbocycles. The zero-order valence-electron chi connectivity index (χ0n) is 17.3. The zero-order valence-corrected chi connectivity index (χ0v) is 18.9. The van der Waals surface area contributed by atoms with E-state index in [1.807, 2.05) is 19.1 Å². The Kier molecular flexibility index (Phi) is 7.54. The highest BCUT2D eigenvalue weighted by molar-refractivity contribution is 7.99. The Bertz CT molecular complexity index is 1100. The number of para-hydroxylation sites is 2. The fourth-order valence-corrected chi connectivity index (χ4v) is 3.75. The normalized spacial score (nSPS) is 10.6. The lowest BCUT2D eigenvalue weighted by Crippen LogP contribution is -2.17. The van der Waals surface area contributed by atoms with Crippen molar-refractivity contribution in [3.8, 4) is 5.75 Å². The van der Waals surface area contributed by atoms with Crippen LogP contribution in [-0.4, -0.2) is 39.4 Å². The Labute approximate surface area is 189 Å². The van der Waals surface area contributed by atoms with Crippen LogP contribution in [0.25, 0.3) is 0 Å². The fourth-order valence-electron chi connectivity index (χ4n) is 2.79. The Balaban J connectivity index is 1.56. The number of rotatable bonds is 8. The number of thioether (sulfide) groups is 1. The van der Waals surface area contributed by atoms with Gasteiger partial charge in [0.1, 0.15) is 11.6 Å². The van der Waals surface area contributed by atoms with E-state index in [2.05, 4.69) is 20.8 Å². The van der Waals surface area contributed by atoms with Crippen LogP contribution < -0.4 is 15.4 Å². The highest BCUT2D eigenvalue weighted by Crippen LogP contribution is 2.24. The van der Waals surface area contributed by atoms with Crippen LogP contribution in [0, 0.1) is 6.92 Å². The van der Waals surface area contributed by atoms with Gasteiger partial charge in [-0.1, -0.05) is 35.5 Å². The molecule has 10 heteroatoms. The van der Waals surface area contributed by atoms with Crippen molar-refractivity contribution in [2.75, 3.05) is 23.5 Å². The summed E-state index contributed by atoms with van der Waals surface area (Å²) in [5.74, 6) is 0.804. The van der Waals surface area contributed by atoms with Crippen LogP contribution in [0.5, 0.6) is 5.75 Å². The number of benzene rings is 2. The van der Waals surface area contributed by atoms with Crippen LogP contribution in [0.3, 0.4) is 0 Å². The number of hydrogen-bond donors (Lipinski definition) is 2. The van der Waals surface area contributed by atoms with Crippen LogP contribution in [0.1, 0.15) is 11.4 Å². The number of anilines is 2. The predicted molar refractivity (Wildman–Crippen MR) is 122 cm³/mol. The molecule has 0 unspecified atom stereocenters. The van der Waals surface area contributed by atoms with Crippen molar-refractivity contribution in [3.63, 3.8) is 0 Å². The van der Waals surface area contributed by atoms with Gasteiger partial charge in [0.25, 0.3) is 0 Å². The van der Waals surface area contributed by atoms with E-state index in [1.54, 1.807) is 49.1 Å². The lowest BCUT2D eigenvalue weighted by Gasteiger charge is -2.10. The van der Waals surface area contributed by atoms with Gasteiger partial charge in [0.15, 0.2) is 5.16 Å². The average Bonchev–Trinajstić information content (AvgIpc) is 3.08. The van der Waals surface area contributed by atoms with Crippen LogP contribution in [0.4, 0.5) is 11.4 Å². The standard InChI is InChI=1S/C21H22ClN5O3S/c1-13-10-14(22)8-9-15(13)23-20(29)12-31-21-26-25-18(27(21)2)11-19(28)24-16-6-4-5-7-17(16)30-3/h4-10H,11-12H2,1-3H3,(H,23,29)(H,24,28). The van der Waals surface area contributed by atoms with Gasteiger partial charge in [-0.25, -0.2) is 0 Å². The molecule has 3 aromatic rings. The van der Waals surface area contributed by atoms with Crippen molar-refractivity contribution in [1.82, 2.24) is 14.8 Å². The van der Waals surface area contributed by atoms with E-state index in [-0.39, 0.29) is 24.0 Å². The summed E-state index contributed by atoms with van der Waals surface area (Å²) in [6.45, 7) is 1.87. The molecule has 2 aromatic carbocycles. The molecule has 1 aromatic heterocycles. The number of nitrogens with zero attached hydrogens (tertiary/aromatic N) is 3. The molecular formula is C21H22ClN5O3S. The second-order valence-electron chi connectivity index (χ2n) is 6.68. The maximum absolute atomic E-state index is 12.4. The SMILES string of the molecule is COc1ccccc1NC(=O)Cc1nnc(SCC(=O)Nc2ccc(Cl)cc2C)n1C. The van der Waals surface area contributed by atoms with Crippen LogP contribution >= 0.6 is 23.4 Å². The summed E-state index contributed by atoms with van der Waals surface area (Å²) in [7, 11) is 3.30. The second kappa shape index (κ2) is 10.3. The molecule has 0 atom stereocenters. The van der Waals surface area contributed by atoms with Crippen molar-refractivity contribution < 1.29 is 14.3 Å². The molecule has 0 bridgehead atoms. The number of aromatic nitrogens is 3. The van der Waals surface area contributed by atoms with E-state index < -0.39 is 0 Å². The quantitative estimate of drug-likeness (QED) is 0.498. The summed E-state index contributed by atoms with van der Waals surface area (Å²) in [6, 6.07) is 12.4. The molecular weight excluding hydrogens is 438 g/mol. The van der Waals surface area contributed by atoms with Crippen molar-refractivity contribution in [3.05, 3.63) is 58.9 Å². The minimum atomic E-state index is -0.243. The fraction of sp³-hybridized carbons (Fsp3) is 0.238. The highest BCUT2D eigenvalue weighted by atomic mass is 35.5. The van der Waals surface area contributed by atoms with Gasteiger partial charge in [-0.3, -0.25) is 9.59 Å². The molecule has 3 rings (SSSR count). The van der Waals surface area contributed by atoms with E-state index in [0.717, 1.165) is 5.56 Å². The molecule has 0 saturated heterocycles. The third kappa shape index (κ3) is 5.99. The average molecular weight is 460 g/mol. The molecule has 2 N–H and O–H groups in total. The van der Waals surface area contributed by atoms with Gasteiger partial charge < -0.3 is 19.9 Å². The van der Waals surface area contributed by atoms with Gasteiger partial charge in [0, 0.05) is 17.8 Å². The Morgan fingerprint density at radius 1 is 1.10 bits per heavy atom. The largest absolute Gasteiger partial charge is 0.495 e. The number of ether oxygens (including phenoxy) is 1.